The fraction of sp³-hybridized carbons (Fsp3) is 0.290. The van der Waals surface area contributed by atoms with Crippen LogP contribution in [0.5, 0.6) is 0 Å². The quantitative estimate of drug-likeness (QED) is 0.185. The SMILES string of the molecule is C=C(C)N=C(c1cc(F)cc(F)c1)c1ccc(NC2CCN(c3nc4ccccc4n3CC(F)F)CC2)cc1C. The Hall–Kier alpha value is -4.14. The average Bonchev–Trinajstić information content (AvgIpc) is 3.25. The Morgan fingerprint density at radius 1 is 1.05 bits per heavy atom. The fourth-order valence-electron chi connectivity index (χ4n) is 5.26. The molecular weight excluding hydrogens is 518 g/mol. The van der Waals surface area contributed by atoms with Gasteiger partial charge in [0.05, 0.1) is 23.3 Å². The smallest absolute Gasteiger partial charge is 0.256 e. The second-order valence-corrected chi connectivity index (χ2v) is 10.2. The third kappa shape index (κ3) is 6.03. The fourth-order valence-corrected chi connectivity index (χ4v) is 5.26. The topological polar surface area (TPSA) is 45.5 Å². The van der Waals surface area contributed by atoms with Crippen molar-refractivity contribution in [2.24, 2.45) is 4.99 Å². The highest BCUT2D eigenvalue weighted by Crippen LogP contribution is 2.28. The number of aryl methyl sites for hydroxylation is 1. The van der Waals surface area contributed by atoms with E-state index in [1.54, 1.807) is 11.5 Å². The van der Waals surface area contributed by atoms with Gasteiger partial charge in [-0.3, -0.25) is 4.99 Å². The Bertz CT molecular complexity index is 1550. The lowest BCUT2D eigenvalue weighted by atomic mass is 9.96. The first-order valence-electron chi connectivity index (χ1n) is 13.2. The molecular formula is C31H31F4N5. The van der Waals surface area contributed by atoms with E-state index in [9.17, 15) is 17.6 Å². The van der Waals surface area contributed by atoms with Crippen molar-refractivity contribution >= 4 is 28.4 Å². The van der Waals surface area contributed by atoms with Crippen LogP contribution in [0.15, 0.2) is 77.9 Å². The monoisotopic (exact) mass is 549 g/mol. The minimum absolute atomic E-state index is 0.190. The van der Waals surface area contributed by atoms with Crippen LogP contribution in [-0.4, -0.2) is 40.8 Å². The summed E-state index contributed by atoms with van der Waals surface area (Å²) in [6.07, 6.45) is -0.851. The predicted molar refractivity (Wildman–Crippen MR) is 153 cm³/mol. The molecule has 9 heteroatoms. The number of imidazole rings is 1. The van der Waals surface area contributed by atoms with E-state index < -0.39 is 24.6 Å². The van der Waals surface area contributed by atoms with Crippen LogP contribution in [0, 0.1) is 18.6 Å². The summed E-state index contributed by atoms with van der Waals surface area (Å²) in [6.45, 7) is 8.48. The third-order valence-electron chi connectivity index (χ3n) is 7.02. The van der Waals surface area contributed by atoms with E-state index in [1.165, 1.54) is 12.1 Å². The molecule has 2 heterocycles. The highest BCUT2D eigenvalue weighted by Gasteiger charge is 2.25. The number of aliphatic imine (C=N–C) groups is 1. The van der Waals surface area contributed by atoms with Crippen LogP contribution in [0.3, 0.4) is 0 Å². The number of nitrogens with one attached hydrogen (secondary N) is 1. The summed E-state index contributed by atoms with van der Waals surface area (Å²) in [4.78, 5) is 11.2. The number of anilines is 2. The summed E-state index contributed by atoms with van der Waals surface area (Å²) in [6, 6.07) is 16.7. The standard InChI is InChI=1S/C31H31F4N5/c1-19(2)36-30(21-15-22(32)17-23(33)16-21)26-9-8-25(14-20(26)3)37-24-10-12-39(13-11-24)31-38-27-6-4-5-7-28(27)40(31)18-29(34)35/h4-9,14-17,24,29,37H,1,10-13,18H2,2-3H3. The number of alkyl halides is 2. The zero-order valence-electron chi connectivity index (χ0n) is 22.5. The molecule has 1 N–H and O–H groups in total. The molecule has 1 aliphatic rings. The second kappa shape index (κ2) is 11.5. The number of hydrogen-bond acceptors (Lipinski definition) is 4. The van der Waals surface area contributed by atoms with Gasteiger partial charge in [0, 0.05) is 47.7 Å². The Labute approximate surface area is 230 Å². The minimum atomic E-state index is -2.47. The molecule has 0 unspecified atom stereocenters. The van der Waals surface area contributed by atoms with Crippen LogP contribution >= 0.6 is 0 Å². The van der Waals surface area contributed by atoms with Crippen LogP contribution < -0.4 is 10.2 Å². The van der Waals surface area contributed by atoms with Crippen molar-refractivity contribution in [3.05, 3.63) is 101 Å². The zero-order valence-corrected chi connectivity index (χ0v) is 22.5. The van der Waals surface area contributed by atoms with Crippen LogP contribution in [0.4, 0.5) is 29.2 Å². The van der Waals surface area contributed by atoms with Gasteiger partial charge in [0.2, 0.25) is 5.95 Å². The maximum atomic E-state index is 14.0. The molecule has 5 nitrogen and oxygen atoms in total. The minimum Gasteiger partial charge on any atom is -0.382 e. The average molecular weight is 550 g/mol. The van der Waals surface area contributed by atoms with Gasteiger partial charge in [0.15, 0.2) is 0 Å². The molecule has 1 aromatic heterocycles. The lowest BCUT2D eigenvalue weighted by molar-refractivity contribution is 0.128. The third-order valence-corrected chi connectivity index (χ3v) is 7.02. The molecule has 1 fully saturated rings. The van der Waals surface area contributed by atoms with Gasteiger partial charge in [0.1, 0.15) is 11.6 Å². The highest BCUT2D eigenvalue weighted by atomic mass is 19.3. The lowest BCUT2D eigenvalue weighted by Gasteiger charge is -2.34. The van der Waals surface area contributed by atoms with Gasteiger partial charge in [-0.2, -0.15) is 0 Å². The van der Waals surface area contributed by atoms with Gasteiger partial charge >= 0.3 is 0 Å². The summed E-state index contributed by atoms with van der Waals surface area (Å²) in [5.74, 6) is -0.758. The first-order chi connectivity index (χ1) is 19.2. The Kier molecular flexibility index (Phi) is 7.91. The number of nitrogens with zero attached hydrogens (tertiary/aromatic N) is 4. The molecule has 1 saturated heterocycles. The number of hydrogen-bond donors (Lipinski definition) is 1. The van der Waals surface area contributed by atoms with Crippen molar-refractivity contribution in [3.8, 4) is 0 Å². The number of aromatic nitrogens is 2. The first-order valence-corrected chi connectivity index (χ1v) is 13.2. The van der Waals surface area contributed by atoms with Crippen LogP contribution in [-0.2, 0) is 6.54 Å². The summed E-state index contributed by atoms with van der Waals surface area (Å²) in [5.41, 5.74) is 5.32. The summed E-state index contributed by atoms with van der Waals surface area (Å²) < 4.78 is 56.3. The van der Waals surface area contributed by atoms with Crippen molar-refractivity contribution in [1.29, 1.82) is 0 Å². The van der Waals surface area contributed by atoms with Crippen LogP contribution in [0.2, 0.25) is 0 Å². The Balaban J connectivity index is 1.30. The van der Waals surface area contributed by atoms with E-state index in [0.29, 0.717) is 47.0 Å². The van der Waals surface area contributed by atoms with Gasteiger partial charge in [-0.25, -0.2) is 22.5 Å². The number of piperidine rings is 1. The maximum Gasteiger partial charge on any atom is 0.256 e. The molecule has 40 heavy (non-hydrogen) atoms. The Morgan fingerprint density at radius 2 is 1.75 bits per heavy atom. The number of rotatable bonds is 8. The molecule has 0 saturated carbocycles. The van der Waals surface area contributed by atoms with Crippen molar-refractivity contribution in [1.82, 2.24) is 9.55 Å². The molecule has 0 bridgehead atoms. The molecule has 208 valence electrons. The van der Waals surface area contributed by atoms with E-state index >= 15 is 0 Å². The van der Waals surface area contributed by atoms with Crippen molar-refractivity contribution in [2.45, 2.75) is 45.7 Å². The lowest BCUT2D eigenvalue weighted by Crippen LogP contribution is -2.40. The van der Waals surface area contributed by atoms with E-state index in [2.05, 4.69) is 26.8 Å². The number of fused-ring (bicyclic) bond motifs is 1. The molecule has 0 amide bonds. The number of para-hydroxylation sites is 2. The van der Waals surface area contributed by atoms with E-state index in [4.69, 9.17) is 0 Å². The van der Waals surface area contributed by atoms with Gasteiger partial charge in [-0.15, -0.1) is 0 Å². The molecule has 3 aromatic carbocycles. The number of benzene rings is 3. The van der Waals surface area contributed by atoms with Crippen molar-refractivity contribution < 1.29 is 17.6 Å². The molecule has 4 aromatic rings. The van der Waals surface area contributed by atoms with Gasteiger partial charge in [0.25, 0.3) is 6.43 Å². The molecule has 1 aliphatic heterocycles. The molecule has 0 spiro atoms. The molecule has 0 atom stereocenters. The second-order valence-electron chi connectivity index (χ2n) is 10.2. The number of allylic oxidation sites excluding steroid dienone is 1. The first kappa shape index (κ1) is 27.4. The van der Waals surface area contributed by atoms with E-state index in [-0.39, 0.29) is 6.04 Å². The maximum absolute atomic E-state index is 14.0. The van der Waals surface area contributed by atoms with E-state index in [1.807, 2.05) is 49.4 Å². The van der Waals surface area contributed by atoms with Gasteiger partial charge in [-0.05, 0) is 68.7 Å². The number of halogens is 4. The molecule has 0 aliphatic carbocycles. The molecule has 0 radical (unpaired) electrons. The Morgan fingerprint density at radius 3 is 2.40 bits per heavy atom. The molecule has 5 rings (SSSR count). The van der Waals surface area contributed by atoms with Crippen LogP contribution in [0.1, 0.15) is 36.5 Å². The highest BCUT2D eigenvalue weighted by molar-refractivity contribution is 6.14. The summed E-state index contributed by atoms with van der Waals surface area (Å²) in [5, 5.41) is 3.58. The predicted octanol–water partition coefficient (Wildman–Crippen LogP) is 7.34. The summed E-state index contributed by atoms with van der Waals surface area (Å²) >= 11 is 0. The van der Waals surface area contributed by atoms with Crippen molar-refractivity contribution in [3.63, 3.8) is 0 Å². The zero-order chi connectivity index (χ0) is 28.4. The largest absolute Gasteiger partial charge is 0.382 e. The van der Waals surface area contributed by atoms with Crippen molar-refractivity contribution in [2.75, 3.05) is 23.3 Å². The summed E-state index contributed by atoms with van der Waals surface area (Å²) in [7, 11) is 0. The van der Waals surface area contributed by atoms with E-state index in [0.717, 1.165) is 35.7 Å². The normalized spacial score (nSPS) is 14.8. The van der Waals surface area contributed by atoms with Crippen LogP contribution in [0.25, 0.3) is 11.0 Å². The van der Waals surface area contributed by atoms with Gasteiger partial charge in [-0.1, -0.05) is 24.8 Å². The van der Waals surface area contributed by atoms with Gasteiger partial charge < -0.3 is 14.8 Å².